The molecule has 0 bridgehead atoms. The Labute approximate surface area is 139 Å². The summed E-state index contributed by atoms with van der Waals surface area (Å²) < 4.78 is 4.17. The minimum Gasteiger partial charge on any atom is -0.479 e. The van der Waals surface area contributed by atoms with Crippen molar-refractivity contribution in [1.29, 1.82) is 0 Å². The van der Waals surface area contributed by atoms with Crippen LogP contribution in [0.15, 0.2) is 0 Å². The average Bonchev–Trinajstić information content (AvgIpc) is 2.60. The van der Waals surface area contributed by atoms with Crippen molar-refractivity contribution in [3.63, 3.8) is 0 Å². The molecule has 0 saturated carbocycles. The highest BCUT2D eigenvalue weighted by molar-refractivity contribution is 6.35. The van der Waals surface area contributed by atoms with Crippen LogP contribution in [0.3, 0.4) is 0 Å². The highest BCUT2D eigenvalue weighted by Gasteiger charge is 2.40. The molecule has 7 atom stereocenters. The van der Waals surface area contributed by atoms with Crippen molar-refractivity contribution in [3.8, 4) is 0 Å². The van der Waals surface area contributed by atoms with Gasteiger partial charge in [0.1, 0.15) is 24.4 Å². The van der Waals surface area contributed by atoms with Crippen molar-refractivity contribution in [2.45, 2.75) is 42.7 Å². The summed E-state index contributed by atoms with van der Waals surface area (Å²) in [7, 11) is 0. The molecule has 0 aromatic heterocycles. The number of rotatable bonds is 11. The molecule has 0 spiro atoms. The topological polar surface area (TPSA) is 239 Å². The van der Waals surface area contributed by atoms with Gasteiger partial charge < -0.3 is 45.6 Å². The second-order valence-electron chi connectivity index (χ2n) is 4.82. The van der Waals surface area contributed by atoms with Crippen LogP contribution in [0, 0.1) is 0 Å². The van der Waals surface area contributed by atoms with Crippen LogP contribution >= 0.6 is 0 Å². The second-order valence-corrected chi connectivity index (χ2v) is 4.82. The smallest absolute Gasteiger partial charge is 0.378 e. The van der Waals surface area contributed by atoms with Crippen LogP contribution in [-0.2, 0) is 23.9 Å². The highest BCUT2D eigenvalue weighted by Crippen LogP contribution is 2.10. The van der Waals surface area contributed by atoms with Gasteiger partial charge in [0.2, 0.25) is 0 Å². The summed E-state index contributed by atoms with van der Waals surface area (Å²) >= 11 is 0. The monoisotopic (exact) mass is 370 g/mol. The third kappa shape index (κ3) is 6.09. The van der Waals surface area contributed by atoms with Crippen LogP contribution in [0.4, 0.5) is 0 Å². The van der Waals surface area contributed by atoms with Crippen LogP contribution in [-0.4, -0.2) is 114 Å². The van der Waals surface area contributed by atoms with Gasteiger partial charge in [-0.25, -0.2) is 9.59 Å². The molecule has 13 nitrogen and oxygen atoms in total. The third-order valence-electron chi connectivity index (χ3n) is 3.01. The number of ether oxygens (including phenoxy) is 1. The van der Waals surface area contributed by atoms with Gasteiger partial charge in [-0.15, -0.1) is 0 Å². The minimum absolute atomic E-state index is 0.293. The first-order valence-corrected chi connectivity index (χ1v) is 6.61. The van der Waals surface area contributed by atoms with E-state index >= 15 is 0 Å². The molecule has 0 saturated heterocycles. The van der Waals surface area contributed by atoms with Gasteiger partial charge in [0.25, 0.3) is 5.78 Å². The number of aliphatic carboxylic acids is 1. The maximum absolute atomic E-state index is 11.5. The normalized spacial score (nSPS) is 19.6. The zero-order valence-corrected chi connectivity index (χ0v) is 12.4. The molecular formula is C12H18O13. The maximum atomic E-state index is 11.5. The Morgan fingerprint density at radius 1 is 0.880 bits per heavy atom. The number of carbonyl (C=O) groups excluding carboxylic acids is 3. The third-order valence-corrected chi connectivity index (χ3v) is 3.01. The van der Waals surface area contributed by atoms with Gasteiger partial charge in [-0.1, -0.05) is 0 Å². The van der Waals surface area contributed by atoms with Crippen molar-refractivity contribution in [1.82, 2.24) is 0 Å². The molecule has 0 amide bonds. The molecule has 0 fully saturated rings. The molecule has 13 heteroatoms. The largest absolute Gasteiger partial charge is 0.479 e. The molecule has 8 N–H and O–H groups in total. The summed E-state index contributed by atoms with van der Waals surface area (Å²) in [5.41, 5.74) is 0. The van der Waals surface area contributed by atoms with Crippen LogP contribution in [0.2, 0.25) is 0 Å². The summed E-state index contributed by atoms with van der Waals surface area (Å²) in [4.78, 5) is 44.2. The van der Waals surface area contributed by atoms with Gasteiger partial charge in [0.15, 0.2) is 24.6 Å². The Bertz CT molecular complexity index is 491. The van der Waals surface area contributed by atoms with Gasteiger partial charge in [0, 0.05) is 0 Å². The van der Waals surface area contributed by atoms with Gasteiger partial charge in [-0.2, -0.15) is 0 Å². The SMILES string of the molecule is O=CC(OC(=O)C(=O)[C@@H](O)[C@H](O)[C@@H](O)CO)C(O)C(O)C(O)C(=O)O. The van der Waals surface area contributed by atoms with Gasteiger partial charge in [-0.3, -0.25) is 9.59 Å². The van der Waals surface area contributed by atoms with E-state index in [1.807, 2.05) is 0 Å². The summed E-state index contributed by atoms with van der Waals surface area (Å²) in [5, 5.41) is 72.6. The van der Waals surface area contributed by atoms with E-state index in [2.05, 4.69) is 4.74 Å². The standard InChI is InChI=1S/C12H18O13/c13-1-3(15)5(16)7(18)10(21)12(24)25-4(2-14)6(17)8(19)9(20)11(22)23/h2-9,13,15-20H,1H2,(H,22,23)/t3-,4?,5+,6?,7-,8?,9?/m0/s1. The van der Waals surface area contributed by atoms with Crippen LogP contribution < -0.4 is 0 Å². The number of carboxylic acid groups (broad SMARTS) is 1. The van der Waals surface area contributed by atoms with E-state index in [0.29, 0.717) is 0 Å². The number of hydrogen-bond acceptors (Lipinski definition) is 12. The minimum atomic E-state index is -2.55. The summed E-state index contributed by atoms with van der Waals surface area (Å²) in [6, 6.07) is 0. The van der Waals surface area contributed by atoms with Crippen molar-refractivity contribution < 1.29 is 64.8 Å². The Kier molecular flexibility index (Phi) is 9.29. The molecule has 144 valence electrons. The van der Waals surface area contributed by atoms with Gasteiger partial charge in [0.05, 0.1) is 6.61 Å². The van der Waals surface area contributed by atoms with E-state index in [4.69, 9.17) is 20.4 Å². The number of aliphatic hydroxyl groups is 7. The van der Waals surface area contributed by atoms with E-state index in [1.165, 1.54) is 0 Å². The first-order valence-electron chi connectivity index (χ1n) is 6.61. The number of esters is 1. The zero-order valence-electron chi connectivity index (χ0n) is 12.4. The second kappa shape index (κ2) is 10.1. The van der Waals surface area contributed by atoms with E-state index in [-0.39, 0.29) is 6.29 Å². The molecule has 0 aromatic rings. The number of hydrogen-bond donors (Lipinski definition) is 8. The molecular weight excluding hydrogens is 352 g/mol. The van der Waals surface area contributed by atoms with Gasteiger partial charge >= 0.3 is 11.9 Å². The van der Waals surface area contributed by atoms with E-state index in [9.17, 15) is 39.6 Å². The molecule has 0 heterocycles. The fraction of sp³-hybridized carbons (Fsp3) is 0.667. The van der Waals surface area contributed by atoms with E-state index in [1.54, 1.807) is 0 Å². The lowest BCUT2D eigenvalue weighted by molar-refractivity contribution is -0.179. The van der Waals surface area contributed by atoms with E-state index in [0.717, 1.165) is 0 Å². The number of aldehydes is 1. The Balaban J connectivity index is 5.01. The Morgan fingerprint density at radius 3 is 1.80 bits per heavy atom. The number of carbonyl (C=O) groups is 4. The van der Waals surface area contributed by atoms with Gasteiger partial charge in [-0.05, 0) is 0 Å². The van der Waals surface area contributed by atoms with Crippen molar-refractivity contribution in [2.75, 3.05) is 6.61 Å². The highest BCUT2D eigenvalue weighted by atomic mass is 16.6. The molecule has 4 unspecified atom stereocenters. The lowest BCUT2D eigenvalue weighted by atomic mass is 10.0. The summed E-state index contributed by atoms with van der Waals surface area (Å²) in [6.07, 6.45) is -16.8. The number of carboxylic acids is 1. The number of Topliss-reactive ketones (excluding diaryl/α,β-unsaturated/α-hetero) is 1. The lowest BCUT2D eigenvalue weighted by Gasteiger charge is -2.25. The fourth-order valence-electron chi connectivity index (χ4n) is 1.48. The summed E-state index contributed by atoms with van der Waals surface area (Å²) in [6.45, 7) is -1.06. The van der Waals surface area contributed by atoms with Crippen molar-refractivity contribution in [3.05, 3.63) is 0 Å². The molecule has 0 radical (unpaired) electrons. The molecule has 0 aliphatic heterocycles. The summed E-state index contributed by atoms with van der Waals surface area (Å²) in [5.74, 6) is -5.81. The molecule has 0 rings (SSSR count). The zero-order chi connectivity index (χ0) is 19.9. The van der Waals surface area contributed by atoms with Crippen molar-refractivity contribution in [2.24, 2.45) is 0 Å². The van der Waals surface area contributed by atoms with Crippen LogP contribution in [0.25, 0.3) is 0 Å². The molecule has 25 heavy (non-hydrogen) atoms. The van der Waals surface area contributed by atoms with Crippen LogP contribution in [0.5, 0.6) is 0 Å². The number of aliphatic hydroxyl groups excluding tert-OH is 7. The first kappa shape index (κ1) is 23.0. The Morgan fingerprint density at radius 2 is 1.40 bits per heavy atom. The van der Waals surface area contributed by atoms with Crippen molar-refractivity contribution >= 4 is 24.0 Å². The lowest BCUT2D eigenvalue weighted by Crippen LogP contribution is -2.51. The predicted octanol–water partition coefficient (Wildman–Crippen LogP) is -6.09. The van der Waals surface area contributed by atoms with Crippen LogP contribution in [0.1, 0.15) is 0 Å². The average molecular weight is 370 g/mol. The molecule has 0 aliphatic rings. The van der Waals surface area contributed by atoms with E-state index < -0.39 is 67.1 Å². The quantitative estimate of drug-likeness (QED) is 0.0960. The molecule has 0 aliphatic carbocycles. The predicted molar refractivity (Wildman–Crippen MR) is 71.7 cm³/mol. The fourth-order valence-corrected chi connectivity index (χ4v) is 1.48. The molecule has 0 aromatic carbocycles. The number of ketones is 1. The Hall–Kier alpha value is -2.00. The maximum Gasteiger partial charge on any atom is 0.378 e. The first-order chi connectivity index (χ1) is 11.5.